The number of aliphatic hydroxyl groups excluding tert-OH is 1. The Labute approximate surface area is 98.2 Å². The second kappa shape index (κ2) is 6.71. The normalized spacial score (nSPS) is 18.6. The second-order valence-electron chi connectivity index (χ2n) is 3.99. The number of thioether (sulfide) groups is 1. The van der Waals surface area contributed by atoms with Gasteiger partial charge in [0, 0.05) is 24.9 Å². The number of hydrogen-bond acceptors (Lipinski definition) is 3. The molecule has 1 N–H and O–H groups in total. The fraction of sp³-hybridized carbons (Fsp3) is 1.00. The molecule has 0 heterocycles. The minimum Gasteiger partial charge on any atom is -0.395 e. The summed E-state index contributed by atoms with van der Waals surface area (Å²) in [6.45, 7) is 0.922. The molecule has 1 aliphatic carbocycles. The lowest BCUT2D eigenvalue weighted by molar-refractivity contribution is -0.0329. The van der Waals surface area contributed by atoms with Crippen molar-refractivity contribution in [2.24, 2.45) is 0 Å². The zero-order valence-corrected chi connectivity index (χ0v) is 9.99. The fourth-order valence-corrected chi connectivity index (χ4v) is 2.71. The van der Waals surface area contributed by atoms with Gasteiger partial charge in [-0.1, -0.05) is 12.8 Å². The van der Waals surface area contributed by atoms with Crippen molar-refractivity contribution in [2.75, 3.05) is 25.4 Å². The summed E-state index contributed by atoms with van der Waals surface area (Å²) in [4.78, 5) is 1.99. The first-order valence-corrected chi connectivity index (χ1v) is 6.57. The van der Waals surface area contributed by atoms with E-state index < -0.39 is 5.51 Å². The molecule has 0 aliphatic heterocycles. The minimum atomic E-state index is -4.14. The molecule has 1 rings (SSSR count). The zero-order valence-electron chi connectivity index (χ0n) is 9.17. The Morgan fingerprint density at radius 3 is 2.31 bits per heavy atom. The number of alkyl halides is 3. The molecule has 0 bridgehead atoms. The van der Waals surface area contributed by atoms with Crippen LogP contribution in [0.15, 0.2) is 0 Å². The van der Waals surface area contributed by atoms with E-state index in [0.717, 1.165) is 25.7 Å². The maximum Gasteiger partial charge on any atom is 0.441 e. The third kappa shape index (κ3) is 5.41. The molecule has 0 radical (unpaired) electrons. The van der Waals surface area contributed by atoms with E-state index in [1.807, 2.05) is 4.90 Å². The van der Waals surface area contributed by atoms with Crippen LogP contribution in [-0.4, -0.2) is 47.0 Å². The monoisotopic (exact) mass is 257 g/mol. The molecule has 0 aromatic heterocycles. The number of rotatable bonds is 6. The standard InChI is InChI=1S/C10H18F3NOS/c11-10(12,13)16-8-6-14(5-7-15)9-3-1-2-4-9/h9,15H,1-8H2. The van der Waals surface area contributed by atoms with Gasteiger partial charge >= 0.3 is 5.51 Å². The van der Waals surface area contributed by atoms with Gasteiger partial charge in [-0.15, -0.1) is 0 Å². The molecule has 6 heteroatoms. The molecule has 1 fully saturated rings. The molecule has 1 saturated carbocycles. The summed E-state index contributed by atoms with van der Waals surface area (Å²) in [5.41, 5.74) is -4.14. The summed E-state index contributed by atoms with van der Waals surface area (Å²) >= 11 is 0.0232. The molecule has 2 nitrogen and oxygen atoms in total. The molecule has 0 spiro atoms. The first kappa shape index (κ1) is 14.1. The van der Waals surface area contributed by atoms with Crippen molar-refractivity contribution in [1.29, 1.82) is 0 Å². The van der Waals surface area contributed by atoms with Gasteiger partial charge in [0.05, 0.1) is 6.61 Å². The van der Waals surface area contributed by atoms with Crippen LogP contribution in [0.3, 0.4) is 0 Å². The van der Waals surface area contributed by atoms with Crippen molar-refractivity contribution in [3.05, 3.63) is 0 Å². The van der Waals surface area contributed by atoms with Crippen LogP contribution >= 0.6 is 11.8 Å². The van der Waals surface area contributed by atoms with Gasteiger partial charge in [0.1, 0.15) is 0 Å². The van der Waals surface area contributed by atoms with Crippen LogP contribution in [0.5, 0.6) is 0 Å². The predicted octanol–water partition coefficient (Wildman–Crippen LogP) is 2.48. The Bertz CT molecular complexity index is 195. The summed E-state index contributed by atoms with van der Waals surface area (Å²) in [6, 6.07) is 0.376. The van der Waals surface area contributed by atoms with Crippen LogP contribution in [-0.2, 0) is 0 Å². The van der Waals surface area contributed by atoms with Gasteiger partial charge in [-0.25, -0.2) is 0 Å². The Morgan fingerprint density at radius 2 is 1.81 bits per heavy atom. The average molecular weight is 257 g/mol. The molecule has 0 atom stereocenters. The zero-order chi connectivity index (χ0) is 12.0. The summed E-state index contributed by atoms with van der Waals surface area (Å²) in [6.07, 6.45) is 4.41. The highest BCUT2D eigenvalue weighted by Gasteiger charge is 2.29. The molecular formula is C10H18F3NOS. The third-order valence-corrected chi connectivity index (χ3v) is 3.59. The average Bonchev–Trinajstić information content (AvgIpc) is 2.67. The van der Waals surface area contributed by atoms with Crippen LogP contribution < -0.4 is 0 Å². The van der Waals surface area contributed by atoms with Crippen molar-refractivity contribution >= 4 is 11.8 Å². The van der Waals surface area contributed by atoms with Gasteiger partial charge in [0.25, 0.3) is 0 Å². The summed E-state index contributed by atoms with van der Waals surface area (Å²) in [5.74, 6) is 0.0556. The molecule has 0 unspecified atom stereocenters. The second-order valence-corrected chi connectivity index (χ2v) is 5.15. The SMILES string of the molecule is OCCN(CCSC(F)(F)F)C1CCCC1. The van der Waals surface area contributed by atoms with E-state index in [4.69, 9.17) is 5.11 Å². The van der Waals surface area contributed by atoms with E-state index in [1.165, 1.54) is 0 Å². The van der Waals surface area contributed by atoms with E-state index >= 15 is 0 Å². The fourth-order valence-electron chi connectivity index (χ4n) is 2.15. The lowest BCUT2D eigenvalue weighted by atomic mass is 10.2. The maximum atomic E-state index is 12.0. The van der Waals surface area contributed by atoms with Crippen LogP contribution in [0, 0.1) is 0 Å². The van der Waals surface area contributed by atoms with Gasteiger partial charge in [-0.3, -0.25) is 4.90 Å². The van der Waals surface area contributed by atoms with Gasteiger partial charge in [0.15, 0.2) is 0 Å². The lowest BCUT2D eigenvalue weighted by Gasteiger charge is -2.27. The van der Waals surface area contributed by atoms with E-state index in [1.54, 1.807) is 0 Å². The largest absolute Gasteiger partial charge is 0.441 e. The van der Waals surface area contributed by atoms with E-state index in [9.17, 15) is 13.2 Å². The van der Waals surface area contributed by atoms with Crippen LogP contribution in [0.2, 0.25) is 0 Å². The van der Waals surface area contributed by atoms with Gasteiger partial charge in [-0.05, 0) is 24.6 Å². The van der Waals surface area contributed by atoms with Crippen molar-refractivity contribution in [1.82, 2.24) is 4.90 Å². The highest BCUT2D eigenvalue weighted by atomic mass is 32.2. The molecule has 16 heavy (non-hydrogen) atoms. The van der Waals surface area contributed by atoms with E-state index in [2.05, 4.69) is 0 Å². The minimum absolute atomic E-state index is 0.0210. The van der Waals surface area contributed by atoms with Crippen molar-refractivity contribution in [3.63, 3.8) is 0 Å². The number of halogens is 3. The Morgan fingerprint density at radius 1 is 1.19 bits per heavy atom. The van der Waals surface area contributed by atoms with Crippen molar-refractivity contribution in [3.8, 4) is 0 Å². The van der Waals surface area contributed by atoms with Crippen LogP contribution in [0.4, 0.5) is 13.2 Å². The number of nitrogens with zero attached hydrogens (tertiary/aromatic N) is 1. The Kier molecular flexibility index (Phi) is 5.92. The van der Waals surface area contributed by atoms with E-state index in [0.29, 0.717) is 19.1 Å². The van der Waals surface area contributed by atoms with Gasteiger partial charge in [-0.2, -0.15) is 13.2 Å². The summed E-state index contributed by atoms with van der Waals surface area (Å²) < 4.78 is 35.9. The molecule has 1 aliphatic rings. The van der Waals surface area contributed by atoms with E-state index in [-0.39, 0.29) is 24.1 Å². The summed E-state index contributed by atoms with van der Waals surface area (Å²) in [5, 5.41) is 8.89. The molecule has 96 valence electrons. The molecule has 0 amide bonds. The Hall–Kier alpha value is 0.0600. The highest BCUT2D eigenvalue weighted by Crippen LogP contribution is 2.30. The quantitative estimate of drug-likeness (QED) is 0.790. The van der Waals surface area contributed by atoms with Crippen molar-refractivity contribution < 1.29 is 18.3 Å². The first-order valence-electron chi connectivity index (χ1n) is 5.58. The van der Waals surface area contributed by atoms with Gasteiger partial charge in [0.2, 0.25) is 0 Å². The van der Waals surface area contributed by atoms with Crippen molar-refractivity contribution in [2.45, 2.75) is 37.2 Å². The Balaban J connectivity index is 2.27. The topological polar surface area (TPSA) is 23.5 Å². The molecule has 0 aromatic carbocycles. The number of aliphatic hydroxyl groups is 1. The molecule has 0 aromatic rings. The van der Waals surface area contributed by atoms with Gasteiger partial charge < -0.3 is 5.11 Å². The third-order valence-electron chi connectivity index (χ3n) is 2.87. The molecule has 0 saturated heterocycles. The van der Waals surface area contributed by atoms with Crippen LogP contribution in [0.1, 0.15) is 25.7 Å². The summed E-state index contributed by atoms with van der Waals surface area (Å²) in [7, 11) is 0. The smallest absolute Gasteiger partial charge is 0.395 e. The molecular weight excluding hydrogens is 239 g/mol. The predicted molar refractivity (Wildman–Crippen MR) is 59.4 cm³/mol. The van der Waals surface area contributed by atoms with Crippen LogP contribution in [0.25, 0.3) is 0 Å². The highest BCUT2D eigenvalue weighted by molar-refractivity contribution is 8.00. The number of hydrogen-bond donors (Lipinski definition) is 1. The lowest BCUT2D eigenvalue weighted by Crippen LogP contribution is -2.37. The maximum absolute atomic E-state index is 12.0. The first-order chi connectivity index (χ1) is 7.53.